The van der Waals surface area contributed by atoms with Crippen LogP contribution in [-0.2, 0) is 10.0 Å². The van der Waals surface area contributed by atoms with Crippen LogP contribution >= 0.6 is 0 Å². The Bertz CT molecular complexity index is 606. The molecule has 3 N–H and O–H groups in total. The second kappa shape index (κ2) is 4.49. The number of nitrogen functional groups attached to an aromatic ring is 1. The minimum Gasteiger partial charge on any atom is -0.398 e. The lowest BCUT2D eigenvalue weighted by Gasteiger charge is -2.14. The normalized spacial score (nSPS) is 21.4. The number of anilines is 1. The smallest absolute Gasteiger partial charge is 0.242 e. The van der Waals surface area contributed by atoms with Gasteiger partial charge in [-0.3, -0.25) is 0 Å². The third kappa shape index (κ3) is 2.77. The summed E-state index contributed by atoms with van der Waals surface area (Å²) in [7, 11) is -3.52. The van der Waals surface area contributed by atoms with E-state index in [2.05, 4.69) is 18.6 Å². The molecule has 1 aliphatic rings. The zero-order valence-corrected chi connectivity index (χ0v) is 12.8. The van der Waals surface area contributed by atoms with E-state index < -0.39 is 10.0 Å². The molecule has 19 heavy (non-hydrogen) atoms. The molecule has 1 unspecified atom stereocenters. The Labute approximate surface area is 115 Å². The molecule has 0 radical (unpaired) electrons. The van der Waals surface area contributed by atoms with Crippen LogP contribution in [-0.4, -0.2) is 15.0 Å². The highest BCUT2D eigenvalue weighted by molar-refractivity contribution is 7.89. The molecule has 2 rings (SSSR count). The quantitative estimate of drug-likeness (QED) is 0.832. The number of hydrogen-bond acceptors (Lipinski definition) is 3. The fraction of sp³-hybridized carbons (Fsp3) is 0.571. The zero-order valence-electron chi connectivity index (χ0n) is 11.9. The van der Waals surface area contributed by atoms with Crippen molar-refractivity contribution in [1.82, 2.24) is 4.72 Å². The highest BCUT2D eigenvalue weighted by Gasteiger charge is 2.45. The molecule has 1 fully saturated rings. The third-order valence-corrected chi connectivity index (χ3v) is 5.84. The molecule has 1 aliphatic carbocycles. The van der Waals surface area contributed by atoms with E-state index in [1.807, 2.05) is 13.0 Å². The molecular formula is C14H22N2O2S. The van der Waals surface area contributed by atoms with Gasteiger partial charge in [-0.15, -0.1) is 0 Å². The van der Waals surface area contributed by atoms with E-state index in [9.17, 15) is 8.42 Å². The predicted molar refractivity (Wildman–Crippen MR) is 77.4 cm³/mol. The fourth-order valence-corrected chi connectivity index (χ4v) is 3.88. The van der Waals surface area contributed by atoms with E-state index in [4.69, 9.17) is 5.73 Å². The Hall–Kier alpha value is -1.07. The highest BCUT2D eigenvalue weighted by atomic mass is 32.2. The lowest BCUT2D eigenvalue weighted by molar-refractivity contribution is 0.537. The van der Waals surface area contributed by atoms with Gasteiger partial charge in [-0.1, -0.05) is 19.9 Å². The molecular weight excluding hydrogens is 260 g/mol. The first-order valence-corrected chi connectivity index (χ1v) is 7.99. The molecule has 0 bridgehead atoms. The standard InChI is InChI=1S/C14H22N2O2S/c1-9-5-6-12(15)13(10(9)2)19(17,18)16-8-11-7-14(11,3)4/h5-6,11,16H,7-8,15H2,1-4H3. The van der Waals surface area contributed by atoms with E-state index in [0.717, 1.165) is 17.5 Å². The summed E-state index contributed by atoms with van der Waals surface area (Å²) < 4.78 is 27.5. The van der Waals surface area contributed by atoms with E-state index >= 15 is 0 Å². The zero-order chi connectivity index (χ0) is 14.4. The largest absolute Gasteiger partial charge is 0.398 e. The van der Waals surface area contributed by atoms with Gasteiger partial charge in [0.1, 0.15) is 4.90 Å². The van der Waals surface area contributed by atoms with Crippen molar-refractivity contribution in [3.05, 3.63) is 23.3 Å². The van der Waals surface area contributed by atoms with Crippen LogP contribution in [0.4, 0.5) is 5.69 Å². The van der Waals surface area contributed by atoms with Gasteiger partial charge >= 0.3 is 0 Å². The molecule has 0 aliphatic heterocycles. The first-order valence-electron chi connectivity index (χ1n) is 6.50. The Morgan fingerprint density at radius 3 is 2.47 bits per heavy atom. The van der Waals surface area contributed by atoms with Gasteiger partial charge in [-0.25, -0.2) is 13.1 Å². The van der Waals surface area contributed by atoms with Gasteiger partial charge < -0.3 is 5.73 Å². The number of nitrogens with two attached hydrogens (primary N) is 1. The van der Waals surface area contributed by atoms with Crippen LogP contribution in [0.25, 0.3) is 0 Å². The lowest BCUT2D eigenvalue weighted by Crippen LogP contribution is -2.28. The monoisotopic (exact) mass is 282 g/mol. The molecule has 0 amide bonds. The molecule has 0 saturated heterocycles. The van der Waals surface area contributed by atoms with Gasteiger partial charge in [0.15, 0.2) is 0 Å². The lowest BCUT2D eigenvalue weighted by atomic mass is 10.1. The minimum absolute atomic E-state index is 0.228. The Morgan fingerprint density at radius 2 is 1.95 bits per heavy atom. The number of hydrogen-bond donors (Lipinski definition) is 2. The van der Waals surface area contributed by atoms with Crippen molar-refractivity contribution in [2.75, 3.05) is 12.3 Å². The summed E-state index contributed by atoms with van der Waals surface area (Å²) in [5.74, 6) is 0.425. The van der Waals surface area contributed by atoms with Crippen LogP contribution in [0.3, 0.4) is 0 Å². The third-order valence-electron chi connectivity index (χ3n) is 4.21. The van der Waals surface area contributed by atoms with Crippen molar-refractivity contribution in [3.63, 3.8) is 0 Å². The second-order valence-electron chi connectivity index (χ2n) is 6.17. The summed E-state index contributed by atoms with van der Waals surface area (Å²) in [6.07, 6.45) is 1.07. The van der Waals surface area contributed by atoms with Crippen molar-refractivity contribution < 1.29 is 8.42 Å². The molecule has 106 valence electrons. The van der Waals surface area contributed by atoms with Crippen molar-refractivity contribution in [1.29, 1.82) is 0 Å². The van der Waals surface area contributed by atoms with Crippen LogP contribution in [0, 0.1) is 25.2 Å². The molecule has 1 aromatic carbocycles. The maximum atomic E-state index is 12.4. The summed E-state index contributed by atoms with van der Waals surface area (Å²) >= 11 is 0. The Kier molecular flexibility index (Phi) is 3.39. The number of nitrogens with one attached hydrogen (secondary N) is 1. The molecule has 1 atom stereocenters. The van der Waals surface area contributed by atoms with Gasteiger partial charge in [-0.2, -0.15) is 0 Å². The summed E-state index contributed by atoms with van der Waals surface area (Å²) in [5, 5.41) is 0. The van der Waals surface area contributed by atoms with Gasteiger partial charge in [0, 0.05) is 6.54 Å². The molecule has 0 spiro atoms. The van der Waals surface area contributed by atoms with Crippen LogP contribution in [0.2, 0.25) is 0 Å². The van der Waals surface area contributed by atoms with E-state index in [1.54, 1.807) is 13.0 Å². The summed E-state index contributed by atoms with van der Waals surface area (Å²) in [4.78, 5) is 0.228. The number of benzene rings is 1. The molecule has 1 aromatic rings. The summed E-state index contributed by atoms with van der Waals surface area (Å²) in [6.45, 7) is 8.47. The number of aryl methyl sites for hydroxylation is 1. The minimum atomic E-state index is -3.52. The summed E-state index contributed by atoms with van der Waals surface area (Å²) in [5.41, 5.74) is 8.06. The van der Waals surface area contributed by atoms with E-state index in [1.165, 1.54) is 0 Å². The van der Waals surface area contributed by atoms with Crippen molar-refractivity contribution in [2.45, 2.75) is 39.0 Å². The van der Waals surface area contributed by atoms with Crippen molar-refractivity contribution >= 4 is 15.7 Å². The maximum absolute atomic E-state index is 12.4. The maximum Gasteiger partial charge on any atom is 0.242 e. The van der Waals surface area contributed by atoms with Gasteiger partial charge in [0.2, 0.25) is 10.0 Å². The second-order valence-corrected chi connectivity index (χ2v) is 7.87. The topological polar surface area (TPSA) is 72.2 Å². The van der Waals surface area contributed by atoms with Gasteiger partial charge in [0.05, 0.1) is 5.69 Å². The Morgan fingerprint density at radius 1 is 1.37 bits per heavy atom. The molecule has 0 aromatic heterocycles. The number of sulfonamides is 1. The van der Waals surface area contributed by atoms with Gasteiger partial charge in [-0.05, 0) is 48.8 Å². The van der Waals surface area contributed by atoms with E-state index in [0.29, 0.717) is 18.2 Å². The SMILES string of the molecule is Cc1ccc(N)c(S(=O)(=O)NCC2CC2(C)C)c1C. The highest BCUT2D eigenvalue weighted by Crippen LogP contribution is 2.51. The van der Waals surface area contributed by atoms with Crippen molar-refractivity contribution in [2.24, 2.45) is 11.3 Å². The molecule has 5 heteroatoms. The Balaban J connectivity index is 2.23. The molecule has 4 nitrogen and oxygen atoms in total. The summed E-state index contributed by atoms with van der Waals surface area (Å²) in [6, 6.07) is 3.49. The fourth-order valence-electron chi connectivity index (χ4n) is 2.37. The van der Waals surface area contributed by atoms with Gasteiger partial charge in [0.25, 0.3) is 0 Å². The van der Waals surface area contributed by atoms with Crippen LogP contribution in [0.1, 0.15) is 31.4 Å². The predicted octanol–water partition coefficient (Wildman–Crippen LogP) is 2.21. The average molecular weight is 282 g/mol. The van der Waals surface area contributed by atoms with E-state index in [-0.39, 0.29) is 10.3 Å². The first kappa shape index (κ1) is 14.3. The first-order chi connectivity index (χ1) is 8.65. The molecule has 0 heterocycles. The average Bonchev–Trinajstić information content (AvgIpc) is 2.90. The van der Waals surface area contributed by atoms with Crippen LogP contribution in [0.5, 0.6) is 0 Å². The van der Waals surface area contributed by atoms with Crippen LogP contribution < -0.4 is 10.5 Å². The molecule has 1 saturated carbocycles. The number of rotatable bonds is 4. The van der Waals surface area contributed by atoms with Crippen LogP contribution in [0.15, 0.2) is 17.0 Å². The van der Waals surface area contributed by atoms with Crippen molar-refractivity contribution in [3.8, 4) is 0 Å².